The molecule has 2 aliphatic rings. The number of amides is 1. The predicted octanol–water partition coefficient (Wildman–Crippen LogP) is 6.27. The normalized spacial score (nSPS) is 25.9. The molecule has 10 heteroatoms. The first-order valence-electron chi connectivity index (χ1n) is 10.7. The predicted molar refractivity (Wildman–Crippen MR) is 129 cm³/mol. The fourth-order valence-electron chi connectivity index (χ4n) is 5.24. The van der Waals surface area contributed by atoms with Gasteiger partial charge in [0, 0.05) is 29.7 Å². The van der Waals surface area contributed by atoms with Gasteiger partial charge >= 0.3 is 5.97 Å². The minimum absolute atomic E-state index is 0.0261. The second kappa shape index (κ2) is 8.36. The van der Waals surface area contributed by atoms with E-state index in [2.05, 4.69) is 10.5 Å². The highest BCUT2D eigenvalue weighted by Crippen LogP contribution is 2.71. The summed E-state index contributed by atoms with van der Waals surface area (Å²) in [6.45, 7) is 6.08. The maximum atomic E-state index is 13.5. The SMILES string of the molecule is CC12CCC(C(=O)Nc3ccc(Cl)c(Cl)c3)(CC1=NOC(=O)c1cccc([N+](=O)[O-])c1)C2(C)C. The molecule has 34 heavy (non-hydrogen) atoms. The molecule has 0 heterocycles. The summed E-state index contributed by atoms with van der Waals surface area (Å²) < 4.78 is 0. The highest BCUT2D eigenvalue weighted by molar-refractivity contribution is 6.42. The van der Waals surface area contributed by atoms with Gasteiger partial charge in [0.1, 0.15) is 0 Å². The molecular weight excluding hydrogens is 481 g/mol. The van der Waals surface area contributed by atoms with Gasteiger partial charge in [0.2, 0.25) is 5.91 Å². The van der Waals surface area contributed by atoms with Crippen molar-refractivity contribution < 1.29 is 19.3 Å². The summed E-state index contributed by atoms with van der Waals surface area (Å²) in [5.41, 5.74) is -0.731. The molecule has 2 bridgehead atoms. The average molecular weight is 504 g/mol. The van der Waals surface area contributed by atoms with Crippen LogP contribution in [0.2, 0.25) is 10.0 Å². The number of non-ortho nitro benzene ring substituents is 1. The lowest BCUT2D eigenvalue weighted by Gasteiger charge is -2.39. The van der Waals surface area contributed by atoms with Crippen molar-refractivity contribution in [2.24, 2.45) is 21.4 Å². The summed E-state index contributed by atoms with van der Waals surface area (Å²) in [6, 6.07) is 10.2. The van der Waals surface area contributed by atoms with Crippen LogP contribution in [0.1, 0.15) is 50.4 Å². The molecule has 0 spiro atoms. The monoisotopic (exact) mass is 503 g/mol. The summed E-state index contributed by atoms with van der Waals surface area (Å²) in [7, 11) is 0. The first-order valence-corrected chi connectivity index (χ1v) is 11.5. The van der Waals surface area contributed by atoms with Gasteiger partial charge in [0.05, 0.1) is 31.7 Å². The number of carbonyl (C=O) groups excluding carboxylic acids is 2. The van der Waals surface area contributed by atoms with Crippen molar-refractivity contribution in [3.05, 3.63) is 68.2 Å². The smallest absolute Gasteiger partial charge is 0.326 e. The van der Waals surface area contributed by atoms with Crippen LogP contribution in [-0.4, -0.2) is 22.5 Å². The number of carbonyl (C=O) groups is 2. The quantitative estimate of drug-likeness (QED) is 0.293. The van der Waals surface area contributed by atoms with E-state index in [0.717, 1.165) is 6.07 Å². The number of halogens is 2. The third-order valence-corrected chi connectivity index (χ3v) is 8.62. The molecule has 0 saturated heterocycles. The number of nitrogens with zero attached hydrogens (tertiary/aromatic N) is 2. The molecule has 2 saturated carbocycles. The van der Waals surface area contributed by atoms with Crippen LogP contribution < -0.4 is 5.32 Å². The maximum absolute atomic E-state index is 13.5. The molecule has 2 fully saturated rings. The molecule has 0 aliphatic heterocycles. The second-order valence-corrected chi connectivity index (χ2v) is 10.3. The van der Waals surface area contributed by atoms with Crippen molar-refractivity contribution >= 4 is 52.2 Å². The highest BCUT2D eigenvalue weighted by atomic mass is 35.5. The van der Waals surface area contributed by atoms with Crippen LogP contribution in [0, 0.1) is 26.4 Å². The van der Waals surface area contributed by atoms with Gasteiger partial charge in [-0.05, 0) is 42.5 Å². The molecule has 2 unspecified atom stereocenters. The van der Waals surface area contributed by atoms with Crippen LogP contribution in [0.15, 0.2) is 47.6 Å². The van der Waals surface area contributed by atoms with Gasteiger partial charge < -0.3 is 10.2 Å². The fourth-order valence-corrected chi connectivity index (χ4v) is 5.54. The molecule has 1 amide bonds. The van der Waals surface area contributed by atoms with Gasteiger partial charge in [-0.25, -0.2) is 4.79 Å². The molecule has 2 aromatic carbocycles. The molecule has 8 nitrogen and oxygen atoms in total. The van der Waals surface area contributed by atoms with Crippen LogP contribution in [0.3, 0.4) is 0 Å². The molecule has 2 aliphatic carbocycles. The number of anilines is 1. The van der Waals surface area contributed by atoms with E-state index in [9.17, 15) is 19.7 Å². The van der Waals surface area contributed by atoms with Crippen LogP contribution in [0.5, 0.6) is 0 Å². The van der Waals surface area contributed by atoms with Gasteiger partial charge in [0.25, 0.3) is 5.69 Å². The third kappa shape index (κ3) is 3.65. The van der Waals surface area contributed by atoms with Crippen molar-refractivity contribution in [2.75, 3.05) is 5.32 Å². The van der Waals surface area contributed by atoms with E-state index < -0.39 is 27.1 Å². The van der Waals surface area contributed by atoms with Gasteiger partial charge in [-0.2, -0.15) is 0 Å². The van der Waals surface area contributed by atoms with Crippen LogP contribution >= 0.6 is 23.2 Å². The number of fused-ring (bicyclic) bond motifs is 2. The van der Waals surface area contributed by atoms with E-state index in [0.29, 0.717) is 40.7 Å². The number of oxime groups is 1. The Balaban J connectivity index is 1.58. The summed E-state index contributed by atoms with van der Waals surface area (Å²) in [4.78, 5) is 41.6. The topological polar surface area (TPSA) is 111 Å². The third-order valence-electron chi connectivity index (χ3n) is 7.88. The van der Waals surface area contributed by atoms with Gasteiger partial charge in [-0.15, -0.1) is 0 Å². The molecule has 1 N–H and O–H groups in total. The van der Waals surface area contributed by atoms with Gasteiger partial charge in [0.15, 0.2) is 0 Å². The second-order valence-electron chi connectivity index (χ2n) is 9.52. The Kier molecular flexibility index (Phi) is 5.94. The molecule has 0 radical (unpaired) electrons. The summed E-state index contributed by atoms with van der Waals surface area (Å²) in [6.07, 6.45) is 1.68. The first-order chi connectivity index (χ1) is 15.9. The first kappa shape index (κ1) is 24.2. The number of rotatable bonds is 5. The minimum atomic E-state index is -0.797. The highest BCUT2D eigenvalue weighted by Gasteiger charge is 2.71. The largest absolute Gasteiger partial charge is 0.365 e. The molecule has 4 rings (SSSR count). The van der Waals surface area contributed by atoms with E-state index >= 15 is 0 Å². The zero-order chi connectivity index (χ0) is 24.9. The molecule has 0 aromatic heterocycles. The summed E-state index contributed by atoms with van der Waals surface area (Å²) >= 11 is 12.1. The van der Waals surface area contributed by atoms with Crippen LogP contribution in [0.25, 0.3) is 0 Å². The lowest BCUT2D eigenvalue weighted by atomic mass is 9.64. The Morgan fingerprint density at radius 3 is 2.50 bits per heavy atom. The van der Waals surface area contributed by atoms with Crippen molar-refractivity contribution in [3.8, 4) is 0 Å². The zero-order valence-electron chi connectivity index (χ0n) is 18.9. The summed E-state index contributed by atoms with van der Waals surface area (Å²) in [5, 5.41) is 18.8. The molecular formula is C24H23Cl2N3O5. The lowest BCUT2D eigenvalue weighted by molar-refractivity contribution is -0.384. The van der Waals surface area contributed by atoms with Crippen molar-refractivity contribution in [3.63, 3.8) is 0 Å². The fraction of sp³-hybridized carbons (Fsp3) is 0.375. The Hall–Kier alpha value is -2.97. The maximum Gasteiger partial charge on any atom is 0.365 e. The molecule has 178 valence electrons. The standard InChI is InChI=1S/C24H23Cl2N3O5/c1-22(2)23(3)9-10-24(22,21(31)27-15-7-8-17(25)18(26)12-15)13-19(23)28-34-20(30)14-5-4-6-16(11-14)29(32)33/h4-8,11-12H,9-10,13H2,1-3H3,(H,27,31). The van der Waals surface area contributed by atoms with E-state index in [-0.39, 0.29) is 17.2 Å². The van der Waals surface area contributed by atoms with E-state index in [1.165, 1.54) is 18.2 Å². The van der Waals surface area contributed by atoms with Crippen molar-refractivity contribution in [2.45, 2.75) is 40.0 Å². The Morgan fingerprint density at radius 2 is 1.82 bits per heavy atom. The number of hydrogen-bond donors (Lipinski definition) is 1. The Bertz CT molecular complexity index is 1240. The average Bonchev–Trinajstić information content (AvgIpc) is 3.10. The van der Waals surface area contributed by atoms with E-state index in [1.54, 1.807) is 18.2 Å². The number of nitro groups is 1. The van der Waals surface area contributed by atoms with E-state index in [4.69, 9.17) is 28.0 Å². The van der Waals surface area contributed by atoms with Crippen molar-refractivity contribution in [1.82, 2.24) is 0 Å². The number of nitro benzene ring substituents is 1. The van der Waals surface area contributed by atoms with E-state index in [1.807, 2.05) is 20.8 Å². The number of nitrogens with one attached hydrogen (secondary N) is 1. The van der Waals surface area contributed by atoms with Crippen LogP contribution in [0.4, 0.5) is 11.4 Å². The van der Waals surface area contributed by atoms with Gasteiger partial charge in [-0.1, -0.05) is 55.2 Å². The van der Waals surface area contributed by atoms with Crippen molar-refractivity contribution in [1.29, 1.82) is 0 Å². The summed E-state index contributed by atoms with van der Waals surface area (Å²) in [5.74, 6) is -0.954. The Labute approximate surface area is 206 Å². The minimum Gasteiger partial charge on any atom is -0.326 e. The van der Waals surface area contributed by atoms with Crippen LogP contribution in [-0.2, 0) is 9.63 Å². The zero-order valence-corrected chi connectivity index (χ0v) is 20.4. The number of benzene rings is 2. The molecule has 2 atom stereocenters. The lowest BCUT2D eigenvalue weighted by Crippen LogP contribution is -2.43. The Morgan fingerprint density at radius 1 is 1.09 bits per heavy atom. The van der Waals surface area contributed by atoms with Gasteiger partial charge in [-0.3, -0.25) is 14.9 Å². The molecule has 2 aromatic rings. The number of hydrogen-bond acceptors (Lipinski definition) is 6.